The van der Waals surface area contributed by atoms with E-state index in [1.165, 1.54) is 12.3 Å². The lowest BCUT2D eigenvalue weighted by Crippen LogP contribution is -2.36. The molecule has 2 aromatic rings. The molecule has 0 amide bonds. The Kier molecular flexibility index (Phi) is 3.27. The fourth-order valence-electron chi connectivity index (χ4n) is 2.27. The lowest BCUT2D eigenvalue weighted by atomic mass is 10.0. The molecule has 0 saturated carbocycles. The van der Waals surface area contributed by atoms with Crippen molar-refractivity contribution in [1.29, 1.82) is 0 Å². The van der Waals surface area contributed by atoms with Crippen molar-refractivity contribution in [2.75, 3.05) is 36.9 Å². The van der Waals surface area contributed by atoms with E-state index in [1.807, 2.05) is 4.90 Å². The number of morpholine rings is 1. The third-order valence-corrected chi connectivity index (χ3v) is 3.28. The lowest BCUT2D eigenvalue weighted by Gasteiger charge is -2.30. The predicted molar refractivity (Wildman–Crippen MR) is 69.3 cm³/mol. The molecule has 0 radical (unpaired) electrons. The van der Waals surface area contributed by atoms with E-state index in [2.05, 4.69) is 5.16 Å². The molecular formula is C13H13F2N3O2. The van der Waals surface area contributed by atoms with Gasteiger partial charge in [-0.25, -0.2) is 8.78 Å². The van der Waals surface area contributed by atoms with Crippen LogP contribution in [0.5, 0.6) is 0 Å². The summed E-state index contributed by atoms with van der Waals surface area (Å²) in [6.07, 6.45) is 1.39. The van der Waals surface area contributed by atoms with E-state index in [1.54, 1.807) is 0 Å². The second-order valence-corrected chi connectivity index (χ2v) is 4.49. The Bertz CT molecular complexity index is 624. The minimum absolute atomic E-state index is 0.0746. The SMILES string of the molecule is Nc1oncc1-c1cc(F)c(F)cc1N1CCOCC1. The molecule has 1 aromatic carbocycles. The van der Waals surface area contributed by atoms with E-state index < -0.39 is 11.6 Å². The Morgan fingerprint density at radius 3 is 2.45 bits per heavy atom. The normalized spacial score (nSPS) is 15.6. The molecule has 3 rings (SSSR count). The van der Waals surface area contributed by atoms with Crippen molar-refractivity contribution in [3.8, 4) is 11.1 Å². The van der Waals surface area contributed by atoms with Crippen LogP contribution in [0.3, 0.4) is 0 Å². The van der Waals surface area contributed by atoms with Crippen LogP contribution in [-0.4, -0.2) is 31.5 Å². The molecular weight excluding hydrogens is 268 g/mol. The van der Waals surface area contributed by atoms with E-state index in [9.17, 15) is 8.78 Å². The fraction of sp³-hybridized carbons (Fsp3) is 0.308. The van der Waals surface area contributed by atoms with Crippen molar-refractivity contribution in [3.63, 3.8) is 0 Å². The van der Waals surface area contributed by atoms with Crippen molar-refractivity contribution in [3.05, 3.63) is 30.0 Å². The van der Waals surface area contributed by atoms with Crippen LogP contribution in [0, 0.1) is 11.6 Å². The minimum Gasteiger partial charge on any atom is -0.378 e. The van der Waals surface area contributed by atoms with Crippen molar-refractivity contribution in [1.82, 2.24) is 5.16 Å². The lowest BCUT2D eigenvalue weighted by molar-refractivity contribution is 0.122. The van der Waals surface area contributed by atoms with Gasteiger partial charge in [0.1, 0.15) is 0 Å². The fourth-order valence-corrected chi connectivity index (χ4v) is 2.27. The van der Waals surface area contributed by atoms with Crippen LogP contribution < -0.4 is 10.6 Å². The molecule has 1 fully saturated rings. The van der Waals surface area contributed by atoms with Gasteiger partial charge in [0, 0.05) is 30.4 Å². The molecule has 0 spiro atoms. The van der Waals surface area contributed by atoms with Gasteiger partial charge in [-0.05, 0) is 6.07 Å². The first-order chi connectivity index (χ1) is 9.66. The van der Waals surface area contributed by atoms with Crippen LogP contribution in [0.1, 0.15) is 0 Å². The number of aromatic nitrogens is 1. The van der Waals surface area contributed by atoms with Crippen LogP contribution in [0.4, 0.5) is 20.4 Å². The smallest absolute Gasteiger partial charge is 0.230 e. The van der Waals surface area contributed by atoms with Gasteiger partial charge in [0.15, 0.2) is 11.6 Å². The molecule has 1 aliphatic rings. The van der Waals surface area contributed by atoms with Crippen molar-refractivity contribution >= 4 is 11.6 Å². The van der Waals surface area contributed by atoms with Gasteiger partial charge in [0.05, 0.1) is 25.0 Å². The summed E-state index contributed by atoms with van der Waals surface area (Å²) >= 11 is 0. The van der Waals surface area contributed by atoms with E-state index in [0.29, 0.717) is 43.1 Å². The Labute approximate surface area is 113 Å². The molecule has 5 nitrogen and oxygen atoms in total. The highest BCUT2D eigenvalue weighted by Crippen LogP contribution is 2.36. The number of nitrogen functional groups attached to an aromatic ring is 1. The molecule has 2 heterocycles. The highest BCUT2D eigenvalue weighted by molar-refractivity contribution is 5.83. The monoisotopic (exact) mass is 281 g/mol. The summed E-state index contributed by atoms with van der Waals surface area (Å²) in [4.78, 5) is 1.92. The summed E-state index contributed by atoms with van der Waals surface area (Å²) in [5.41, 5.74) is 7.14. The highest BCUT2D eigenvalue weighted by Gasteiger charge is 2.21. The van der Waals surface area contributed by atoms with Crippen LogP contribution >= 0.6 is 0 Å². The average Bonchev–Trinajstić information content (AvgIpc) is 2.88. The molecule has 1 saturated heterocycles. The van der Waals surface area contributed by atoms with E-state index in [4.69, 9.17) is 15.0 Å². The molecule has 20 heavy (non-hydrogen) atoms. The number of nitrogens with two attached hydrogens (primary N) is 1. The van der Waals surface area contributed by atoms with Crippen LogP contribution in [0.2, 0.25) is 0 Å². The summed E-state index contributed by atoms with van der Waals surface area (Å²) in [6.45, 7) is 2.28. The number of benzene rings is 1. The molecule has 0 atom stereocenters. The standard InChI is InChI=1S/C13H13F2N3O2/c14-10-5-8(9-7-17-20-13(9)16)12(6-11(10)15)18-1-3-19-4-2-18/h5-7H,1-4,16H2. The molecule has 106 valence electrons. The first-order valence-electron chi connectivity index (χ1n) is 6.19. The van der Waals surface area contributed by atoms with E-state index >= 15 is 0 Å². The maximum Gasteiger partial charge on any atom is 0.230 e. The first-order valence-corrected chi connectivity index (χ1v) is 6.19. The zero-order valence-electron chi connectivity index (χ0n) is 10.6. The van der Waals surface area contributed by atoms with Gasteiger partial charge < -0.3 is 19.9 Å². The first kappa shape index (κ1) is 12.9. The van der Waals surface area contributed by atoms with Gasteiger partial charge >= 0.3 is 0 Å². The molecule has 0 aliphatic carbocycles. The van der Waals surface area contributed by atoms with Crippen molar-refractivity contribution < 1.29 is 18.0 Å². The summed E-state index contributed by atoms with van der Waals surface area (Å²) in [6, 6.07) is 2.28. The maximum atomic E-state index is 13.6. The van der Waals surface area contributed by atoms with Crippen LogP contribution in [-0.2, 0) is 4.74 Å². The maximum absolute atomic E-state index is 13.6. The number of ether oxygens (including phenoxy) is 1. The molecule has 0 unspecified atom stereocenters. The third kappa shape index (κ3) is 2.20. The second kappa shape index (κ2) is 5.09. The van der Waals surface area contributed by atoms with Crippen molar-refractivity contribution in [2.24, 2.45) is 0 Å². The quantitative estimate of drug-likeness (QED) is 0.912. The van der Waals surface area contributed by atoms with Crippen LogP contribution in [0.25, 0.3) is 11.1 Å². The number of rotatable bonds is 2. The summed E-state index contributed by atoms with van der Waals surface area (Å²) in [5, 5.41) is 3.58. The highest BCUT2D eigenvalue weighted by atomic mass is 19.2. The Hall–Kier alpha value is -2.15. The number of anilines is 2. The van der Waals surface area contributed by atoms with Gasteiger partial charge in [0.2, 0.25) is 5.88 Å². The summed E-state index contributed by atoms with van der Waals surface area (Å²) in [7, 11) is 0. The topological polar surface area (TPSA) is 64.5 Å². The Morgan fingerprint density at radius 1 is 1.10 bits per heavy atom. The molecule has 7 heteroatoms. The second-order valence-electron chi connectivity index (χ2n) is 4.49. The van der Waals surface area contributed by atoms with Gasteiger partial charge in [-0.1, -0.05) is 5.16 Å². The minimum atomic E-state index is -0.933. The van der Waals surface area contributed by atoms with Crippen molar-refractivity contribution in [2.45, 2.75) is 0 Å². The Morgan fingerprint density at radius 2 is 1.80 bits per heavy atom. The number of hydrogen-bond acceptors (Lipinski definition) is 5. The Balaban J connectivity index is 2.11. The number of hydrogen-bond donors (Lipinski definition) is 1. The van der Waals surface area contributed by atoms with Crippen LogP contribution in [0.15, 0.2) is 22.9 Å². The average molecular weight is 281 g/mol. The third-order valence-electron chi connectivity index (χ3n) is 3.28. The van der Waals surface area contributed by atoms with E-state index in [0.717, 1.165) is 6.07 Å². The van der Waals surface area contributed by atoms with E-state index in [-0.39, 0.29) is 5.88 Å². The molecule has 1 aromatic heterocycles. The zero-order chi connectivity index (χ0) is 14.1. The molecule has 0 bridgehead atoms. The van der Waals surface area contributed by atoms with Gasteiger partial charge in [-0.2, -0.15) is 0 Å². The zero-order valence-corrected chi connectivity index (χ0v) is 10.6. The van der Waals surface area contributed by atoms with Gasteiger partial charge in [-0.15, -0.1) is 0 Å². The molecule has 1 aliphatic heterocycles. The van der Waals surface area contributed by atoms with Gasteiger partial charge in [0.25, 0.3) is 0 Å². The molecule has 2 N–H and O–H groups in total. The summed E-state index contributed by atoms with van der Waals surface area (Å²) in [5.74, 6) is -1.76. The van der Waals surface area contributed by atoms with Gasteiger partial charge in [-0.3, -0.25) is 0 Å². The summed E-state index contributed by atoms with van der Waals surface area (Å²) < 4.78 is 37.2. The predicted octanol–water partition coefficient (Wildman–Crippen LogP) is 2.04. The number of halogens is 2. The largest absolute Gasteiger partial charge is 0.378 e. The number of nitrogens with zero attached hydrogens (tertiary/aromatic N) is 2.